The number of carbonyl (C=O) groups is 2. The van der Waals surface area contributed by atoms with E-state index < -0.39 is 11.7 Å². The molecule has 1 aromatic carbocycles. The predicted molar refractivity (Wildman–Crippen MR) is 91.2 cm³/mol. The van der Waals surface area contributed by atoms with E-state index in [1.807, 2.05) is 0 Å². The number of hydrogen-bond donors (Lipinski definition) is 2. The van der Waals surface area contributed by atoms with Gasteiger partial charge in [0.25, 0.3) is 5.91 Å². The Labute approximate surface area is 142 Å². The minimum Gasteiger partial charge on any atom is -0.355 e. The minimum atomic E-state index is -0.473. The molecule has 0 aliphatic carbocycles. The lowest BCUT2D eigenvalue weighted by atomic mass is 10.0. The number of amides is 2. The quantitative estimate of drug-likeness (QED) is 0.747. The molecule has 1 aliphatic rings. The van der Waals surface area contributed by atoms with Crippen molar-refractivity contribution < 1.29 is 14.0 Å². The molecule has 2 amide bonds. The molecule has 0 bridgehead atoms. The van der Waals surface area contributed by atoms with Gasteiger partial charge < -0.3 is 15.5 Å². The molecule has 132 valence electrons. The van der Waals surface area contributed by atoms with Crippen molar-refractivity contribution in [2.45, 2.75) is 26.2 Å². The van der Waals surface area contributed by atoms with E-state index in [4.69, 9.17) is 0 Å². The van der Waals surface area contributed by atoms with Gasteiger partial charge in [0.2, 0.25) is 5.91 Å². The Hall–Kier alpha value is -1.95. The smallest absolute Gasteiger partial charge is 0.251 e. The van der Waals surface area contributed by atoms with Crippen LogP contribution in [0.4, 0.5) is 4.39 Å². The van der Waals surface area contributed by atoms with E-state index in [9.17, 15) is 14.0 Å². The van der Waals surface area contributed by atoms with E-state index >= 15 is 0 Å². The zero-order chi connectivity index (χ0) is 17.4. The SMILES string of the molecule is CC1CCCN(CCCNC(=O)CNC(=O)c2cccc(F)c2)C1. The van der Waals surface area contributed by atoms with Crippen molar-refractivity contribution in [1.82, 2.24) is 15.5 Å². The number of nitrogens with zero attached hydrogens (tertiary/aromatic N) is 1. The summed E-state index contributed by atoms with van der Waals surface area (Å²) in [5, 5.41) is 5.29. The fraction of sp³-hybridized carbons (Fsp3) is 0.556. The van der Waals surface area contributed by atoms with E-state index in [1.165, 1.54) is 31.0 Å². The second-order valence-electron chi connectivity index (χ2n) is 6.44. The van der Waals surface area contributed by atoms with Crippen LogP contribution in [0, 0.1) is 11.7 Å². The molecule has 1 aromatic rings. The van der Waals surface area contributed by atoms with Crippen LogP contribution in [-0.4, -0.2) is 49.4 Å². The van der Waals surface area contributed by atoms with Crippen LogP contribution in [0.1, 0.15) is 36.5 Å². The number of nitrogens with one attached hydrogen (secondary N) is 2. The van der Waals surface area contributed by atoms with Gasteiger partial charge in [-0.15, -0.1) is 0 Å². The third kappa shape index (κ3) is 6.28. The van der Waals surface area contributed by atoms with Crippen molar-refractivity contribution in [3.8, 4) is 0 Å². The Balaban J connectivity index is 1.59. The molecule has 1 fully saturated rings. The monoisotopic (exact) mass is 335 g/mol. The van der Waals surface area contributed by atoms with Gasteiger partial charge in [-0.3, -0.25) is 9.59 Å². The lowest BCUT2D eigenvalue weighted by Gasteiger charge is -2.30. The highest BCUT2D eigenvalue weighted by atomic mass is 19.1. The van der Waals surface area contributed by atoms with Crippen LogP contribution in [0.3, 0.4) is 0 Å². The van der Waals surface area contributed by atoms with Gasteiger partial charge in [-0.2, -0.15) is 0 Å². The lowest BCUT2D eigenvalue weighted by Crippen LogP contribution is -2.39. The van der Waals surface area contributed by atoms with E-state index in [-0.39, 0.29) is 18.0 Å². The van der Waals surface area contributed by atoms with Gasteiger partial charge in [-0.05, 0) is 56.5 Å². The molecule has 6 heteroatoms. The maximum Gasteiger partial charge on any atom is 0.251 e. The van der Waals surface area contributed by atoms with Gasteiger partial charge in [0.1, 0.15) is 5.82 Å². The zero-order valence-electron chi connectivity index (χ0n) is 14.2. The highest BCUT2D eigenvalue weighted by Crippen LogP contribution is 2.15. The number of rotatable bonds is 7. The summed E-state index contributed by atoms with van der Waals surface area (Å²) in [5.41, 5.74) is 0.210. The van der Waals surface area contributed by atoms with Crippen LogP contribution in [0.5, 0.6) is 0 Å². The largest absolute Gasteiger partial charge is 0.355 e. The Bertz CT molecular complexity index is 565. The molecule has 1 unspecified atom stereocenters. The third-order valence-electron chi connectivity index (χ3n) is 4.21. The fourth-order valence-corrected chi connectivity index (χ4v) is 2.98. The van der Waals surface area contributed by atoms with E-state index in [1.54, 1.807) is 0 Å². The summed E-state index contributed by atoms with van der Waals surface area (Å²) in [6.45, 7) is 6.03. The van der Waals surface area contributed by atoms with Gasteiger partial charge in [0.05, 0.1) is 6.54 Å². The van der Waals surface area contributed by atoms with Gasteiger partial charge in [-0.25, -0.2) is 4.39 Å². The highest BCUT2D eigenvalue weighted by Gasteiger charge is 2.15. The maximum atomic E-state index is 13.0. The standard InChI is InChI=1S/C18H26FN3O2/c1-14-5-3-9-22(13-14)10-4-8-20-17(23)12-21-18(24)15-6-2-7-16(19)11-15/h2,6-7,11,14H,3-5,8-10,12-13H2,1H3,(H,20,23)(H,21,24). The summed E-state index contributed by atoms with van der Waals surface area (Å²) in [5.74, 6) is -0.399. The minimum absolute atomic E-state index is 0.101. The average molecular weight is 335 g/mol. The predicted octanol–water partition coefficient (Wildman–Crippen LogP) is 1.79. The summed E-state index contributed by atoms with van der Waals surface area (Å²) < 4.78 is 13.0. The topological polar surface area (TPSA) is 61.4 Å². The number of benzene rings is 1. The first-order valence-electron chi connectivity index (χ1n) is 8.57. The van der Waals surface area contributed by atoms with Crippen molar-refractivity contribution in [1.29, 1.82) is 0 Å². The molecule has 0 spiro atoms. The molecule has 1 aliphatic heterocycles. The molecule has 1 saturated heterocycles. The van der Waals surface area contributed by atoms with E-state index in [0.717, 1.165) is 38.0 Å². The molecule has 2 N–H and O–H groups in total. The first-order chi connectivity index (χ1) is 11.5. The Morgan fingerprint density at radius 3 is 2.92 bits per heavy atom. The van der Waals surface area contributed by atoms with Gasteiger partial charge in [-0.1, -0.05) is 13.0 Å². The first kappa shape index (κ1) is 18.4. The average Bonchev–Trinajstić information content (AvgIpc) is 2.56. The van der Waals surface area contributed by atoms with Crippen LogP contribution in [0.15, 0.2) is 24.3 Å². The zero-order valence-corrected chi connectivity index (χ0v) is 14.2. The van der Waals surface area contributed by atoms with Gasteiger partial charge in [0, 0.05) is 18.7 Å². The van der Waals surface area contributed by atoms with Gasteiger partial charge >= 0.3 is 0 Å². The van der Waals surface area contributed by atoms with Crippen LogP contribution in [0.2, 0.25) is 0 Å². The number of likely N-dealkylation sites (tertiary alicyclic amines) is 1. The van der Waals surface area contributed by atoms with Crippen LogP contribution >= 0.6 is 0 Å². The number of piperidine rings is 1. The molecule has 0 aromatic heterocycles. The molecule has 0 saturated carbocycles. The van der Waals surface area contributed by atoms with Crippen molar-refractivity contribution in [3.05, 3.63) is 35.6 Å². The lowest BCUT2D eigenvalue weighted by molar-refractivity contribution is -0.120. The second kappa shape index (κ2) is 9.37. The molecule has 1 atom stereocenters. The molecular formula is C18H26FN3O2. The van der Waals surface area contributed by atoms with E-state index in [0.29, 0.717) is 6.54 Å². The van der Waals surface area contributed by atoms with Crippen molar-refractivity contribution in [2.75, 3.05) is 32.7 Å². The highest BCUT2D eigenvalue weighted by molar-refractivity contribution is 5.96. The molecule has 1 heterocycles. The van der Waals surface area contributed by atoms with Crippen molar-refractivity contribution in [2.24, 2.45) is 5.92 Å². The normalized spacial score (nSPS) is 18.2. The number of halogens is 1. The molecule has 24 heavy (non-hydrogen) atoms. The summed E-state index contributed by atoms with van der Waals surface area (Å²) in [6, 6.07) is 5.39. The Morgan fingerprint density at radius 1 is 1.33 bits per heavy atom. The third-order valence-corrected chi connectivity index (χ3v) is 4.21. The van der Waals surface area contributed by atoms with Crippen molar-refractivity contribution in [3.63, 3.8) is 0 Å². The number of hydrogen-bond acceptors (Lipinski definition) is 3. The first-order valence-corrected chi connectivity index (χ1v) is 8.57. The Morgan fingerprint density at radius 2 is 2.17 bits per heavy atom. The Kier molecular flexibility index (Phi) is 7.18. The van der Waals surface area contributed by atoms with E-state index in [2.05, 4.69) is 22.5 Å². The second-order valence-corrected chi connectivity index (χ2v) is 6.44. The molecule has 0 radical (unpaired) electrons. The van der Waals surface area contributed by atoms with Crippen molar-refractivity contribution >= 4 is 11.8 Å². The summed E-state index contributed by atoms with van der Waals surface area (Å²) in [6.07, 6.45) is 3.45. The summed E-state index contributed by atoms with van der Waals surface area (Å²) in [7, 11) is 0. The van der Waals surface area contributed by atoms with Gasteiger partial charge in [0.15, 0.2) is 0 Å². The molecule has 2 rings (SSSR count). The molecular weight excluding hydrogens is 309 g/mol. The fourth-order valence-electron chi connectivity index (χ4n) is 2.98. The molecule has 5 nitrogen and oxygen atoms in total. The summed E-state index contributed by atoms with van der Waals surface area (Å²) >= 11 is 0. The van der Waals surface area contributed by atoms with Crippen LogP contribution < -0.4 is 10.6 Å². The summed E-state index contributed by atoms with van der Waals surface area (Å²) in [4.78, 5) is 26.0. The number of carbonyl (C=O) groups excluding carboxylic acids is 2. The van der Waals surface area contributed by atoms with Crippen LogP contribution in [-0.2, 0) is 4.79 Å². The maximum absolute atomic E-state index is 13.0. The van der Waals surface area contributed by atoms with Crippen LogP contribution in [0.25, 0.3) is 0 Å².